The Kier molecular flexibility index (Phi) is 4.73. The van der Waals surface area contributed by atoms with Crippen molar-refractivity contribution in [3.05, 3.63) is 107 Å². The molecule has 0 saturated heterocycles. The number of hydrogen-bond acceptors (Lipinski definition) is 5. The molecule has 0 spiro atoms. The molecule has 0 fully saturated rings. The molecule has 164 valence electrons. The fourth-order valence-electron chi connectivity index (χ4n) is 4.60. The number of halogens is 1. The number of benzene rings is 3. The van der Waals surface area contributed by atoms with Crippen molar-refractivity contribution in [1.82, 2.24) is 14.8 Å². The van der Waals surface area contributed by atoms with E-state index in [2.05, 4.69) is 65.0 Å². The molecule has 3 aromatic carbocycles. The summed E-state index contributed by atoms with van der Waals surface area (Å²) >= 11 is 1.70. The predicted octanol–water partition coefficient (Wildman–Crippen LogP) is 6.01. The lowest BCUT2D eigenvalue weighted by Gasteiger charge is -2.39. The molecule has 6 rings (SSSR count). The van der Waals surface area contributed by atoms with Crippen LogP contribution in [-0.2, 0) is 0 Å². The van der Waals surface area contributed by atoms with Crippen molar-refractivity contribution in [2.45, 2.75) is 24.0 Å². The number of nitrogens with one attached hydrogen (secondary N) is 1. The van der Waals surface area contributed by atoms with Gasteiger partial charge in [-0.3, -0.25) is 0 Å². The quantitative estimate of drug-likeness (QED) is 0.383. The van der Waals surface area contributed by atoms with E-state index in [0.29, 0.717) is 5.95 Å². The van der Waals surface area contributed by atoms with E-state index < -0.39 is 0 Å². The lowest BCUT2D eigenvalue weighted by Crippen LogP contribution is -2.32. The van der Waals surface area contributed by atoms with Crippen LogP contribution in [-0.4, -0.2) is 21.0 Å². The van der Waals surface area contributed by atoms with Gasteiger partial charge in [-0.15, -0.1) is 11.8 Å². The van der Waals surface area contributed by atoms with Gasteiger partial charge in [-0.05, 0) is 60.7 Å². The second kappa shape index (κ2) is 7.78. The van der Waals surface area contributed by atoms with Crippen LogP contribution in [0.3, 0.4) is 0 Å². The van der Waals surface area contributed by atoms with Crippen molar-refractivity contribution in [3.8, 4) is 5.75 Å². The summed E-state index contributed by atoms with van der Waals surface area (Å²) in [4.78, 5) is 5.64. The molecule has 0 bridgehead atoms. The highest BCUT2D eigenvalue weighted by atomic mass is 32.2. The molecule has 0 amide bonds. The van der Waals surface area contributed by atoms with Gasteiger partial charge in [0.1, 0.15) is 30.0 Å². The van der Waals surface area contributed by atoms with Gasteiger partial charge in [-0.2, -0.15) is 10.1 Å². The Morgan fingerprint density at radius 1 is 1.00 bits per heavy atom. The average molecular weight is 457 g/mol. The van der Waals surface area contributed by atoms with Gasteiger partial charge in [-0.25, -0.2) is 9.07 Å². The van der Waals surface area contributed by atoms with Crippen LogP contribution in [0.25, 0.3) is 5.70 Å². The van der Waals surface area contributed by atoms with Gasteiger partial charge in [0.2, 0.25) is 5.95 Å². The maximum atomic E-state index is 13.8. The Balaban J connectivity index is 1.61. The molecular formula is C26H21FN4OS. The number of nitrogens with zero attached hydrogens (tertiary/aromatic N) is 3. The number of anilines is 1. The van der Waals surface area contributed by atoms with Gasteiger partial charge in [0.05, 0.1) is 5.70 Å². The minimum Gasteiger partial charge on any atom is -0.480 e. The summed E-state index contributed by atoms with van der Waals surface area (Å²) in [5.41, 5.74) is 6.08. The van der Waals surface area contributed by atoms with Gasteiger partial charge < -0.3 is 10.1 Å². The number of rotatable bonds is 3. The Bertz CT molecular complexity index is 1380. The normalized spacial score (nSPS) is 18.6. The van der Waals surface area contributed by atoms with Crippen LogP contribution in [0.4, 0.5) is 10.3 Å². The maximum Gasteiger partial charge on any atom is 0.226 e. The van der Waals surface area contributed by atoms with E-state index in [-0.39, 0.29) is 18.0 Å². The van der Waals surface area contributed by atoms with Crippen LogP contribution >= 0.6 is 11.8 Å². The van der Waals surface area contributed by atoms with Crippen molar-refractivity contribution in [1.29, 1.82) is 0 Å². The zero-order chi connectivity index (χ0) is 22.5. The van der Waals surface area contributed by atoms with E-state index in [1.165, 1.54) is 23.4 Å². The first-order chi connectivity index (χ1) is 16.1. The molecule has 1 N–H and O–H groups in total. The summed E-state index contributed by atoms with van der Waals surface area (Å²) < 4.78 is 22.3. The number of hydrogen-bond donors (Lipinski definition) is 1. The third-order valence-corrected chi connectivity index (χ3v) is 6.92. The molecule has 2 aliphatic rings. The lowest BCUT2D eigenvalue weighted by molar-refractivity contribution is 0.223. The van der Waals surface area contributed by atoms with Crippen molar-refractivity contribution < 1.29 is 9.13 Å². The molecule has 5 nitrogen and oxygen atoms in total. The van der Waals surface area contributed by atoms with Gasteiger partial charge in [0.25, 0.3) is 0 Å². The van der Waals surface area contributed by atoms with Gasteiger partial charge in [-0.1, -0.05) is 35.9 Å². The maximum absolute atomic E-state index is 13.8. The molecule has 0 saturated carbocycles. The topological polar surface area (TPSA) is 52.0 Å². The van der Waals surface area contributed by atoms with E-state index in [1.54, 1.807) is 23.9 Å². The molecule has 1 aromatic heterocycles. The molecule has 4 aromatic rings. The van der Waals surface area contributed by atoms with Crippen molar-refractivity contribution in [2.24, 2.45) is 0 Å². The van der Waals surface area contributed by atoms with E-state index in [0.717, 1.165) is 39.3 Å². The highest BCUT2D eigenvalue weighted by Crippen LogP contribution is 2.50. The number of aryl methyl sites for hydroxylation is 1. The van der Waals surface area contributed by atoms with Crippen LogP contribution in [0.5, 0.6) is 5.75 Å². The van der Waals surface area contributed by atoms with Crippen molar-refractivity contribution >= 4 is 23.4 Å². The largest absolute Gasteiger partial charge is 0.480 e. The number of thioether (sulfide) groups is 1. The fourth-order valence-corrected chi connectivity index (χ4v) is 5.01. The molecule has 2 atom stereocenters. The lowest BCUT2D eigenvalue weighted by atomic mass is 9.84. The molecule has 3 heterocycles. The fraction of sp³-hybridized carbons (Fsp3) is 0.154. The predicted molar refractivity (Wildman–Crippen MR) is 128 cm³/mol. The molecule has 33 heavy (non-hydrogen) atoms. The Morgan fingerprint density at radius 2 is 1.76 bits per heavy atom. The average Bonchev–Trinajstić information content (AvgIpc) is 3.31. The Morgan fingerprint density at radius 3 is 2.52 bits per heavy atom. The van der Waals surface area contributed by atoms with Crippen LogP contribution < -0.4 is 10.1 Å². The van der Waals surface area contributed by atoms with E-state index in [4.69, 9.17) is 4.74 Å². The molecule has 2 unspecified atom stereocenters. The molecule has 2 aliphatic heterocycles. The van der Waals surface area contributed by atoms with Crippen LogP contribution in [0.1, 0.15) is 34.4 Å². The second-order valence-electron chi connectivity index (χ2n) is 8.21. The Labute approximate surface area is 195 Å². The molecular weight excluding hydrogens is 435 g/mol. The molecule has 0 aliphatic carbocycles. The number of aromatic nitrogens is 3. The Hall–Kier alpha value is -3.58. The molecule has 7 heteroatoms. The van der Waals surface area contributed by atoms with Gasteiger partial charge >= 0.3 is 0 Å². The summed E-state index contributed by atoms with van der Waals surface area (Å²) in [6, 6.07) is 20.9. The zero-order valence-electron chi connectivity index (χ0n) is 18.1. The van der Waals surface area contributed by atoms with Crippen LogP contribution in [0, 0.1) is 12.7 Å². The first-order valence-electron chi connectivity index (χ1n) is 10.7. The summed E-state index contributed by atoms with van der Waals surface area (Å²) in [6.45, 7) is 2.07. The summed E-state index contributed by atoms with van der Waals surface area (Å²) in [6.07, 6.45) is 3.26. The van der Waals surface area contributed by atoms with E-state index in [1.807, 2.05) is 10.7 Å². The molecule has 0 radical (unpaired) electrons. The first kappa shape index (κ1) is 20.1. The van der Waals surface area contributed by atoms with Gasteiger partial charge in [0.15, 0.2) is 0 Å². The summed E-state index contributed by atoms with van der Waals surface area (Å²) in [5.74, 6) is 1.19. The van der Waals surface area contributed by atoms with Crippen LogP contribution in [0.15, 0.2) is 83.5 Å². The number of fused-ring (bicyclic) bond motifs is 3. The minimum atomic E-state index is -0.342. The van der Waals surface area contributed by atoms with E-state index in [9.17, 15) is 4.39 Å². The summed E-state index contributed by atoms with van der Waals surface area (Å²) in [7, 11) is 0. The first-order valence-corrected chi connectivity index (χ1v) is 11.9. The van der Waals surface area contributed by atoms with Crippen molar-refractivity contribution in [2.75, 3.05) is 11.6 Å². The third kappa shape index (κ3) is 3.31. The summed E-state index contributed by atoms with van der Waals surface area (Å²) in [5, 5.41) is 8.02. The zero-order valence-corrected chi connectivity index (χ0v) is 18.9. The smallest absolute Gasteiger partial charge is 0.226 e. The standard InChI is InChI=1S/C26H21FN4OS/c1-15-3-12-21-20(13-15)23-22(25(32-21)17-6-10-19(33-2)11-7-17)24(16-4-8-18(27)9-5-16)31-26(30-23)28-14-29-31/h3-14,24-25H,1-2H3,(H,28,29,30). The van der Waals surface area contributed by atoms with E-state index >= 15 is 0 Å². The van der Waals surface area contributed by atoms with Gasteiger partial charge in [0, 0.05) is 16.0 Å². The number of ether oxygens (including phenoxy) is 1. The highest BCUT2D eigenvalue weighted by molar-refractivity contribution is 7.98. The third-order valence-electron chi connectivity index (χ3n) is 6.17. The SMILES string of the molecule is CSc1ccc(C2Oc3ccc(C)cc3C3=C2C(c2ccc(F)cc2)n2ncnc2N3)cc1. The monoisotopic (exact) mass is 456 g/mol. The highest BCUT2D eigenvalue weighted by Gasteiger charge is 2.40. The van der Waals surface area contributed by atoms with Crippen LogP contribution in [0.2, 0.25) is 0 Å². The second-order valence-corrected chi connectivity index (χ2v) is 9.09. The minimum absolute atomic E-state index is 0.272. The van der Waals surface area contributed by atoms with Crippen molar-refractivity contribution in [3.63, 3.8) is 0 Å².